The van der Waals surface area contributed by atoms with Crippen LogP contribution in [-0.2, 0) is 4.74 Å². The lowest BCUT2D eigenvalue weighted by atomic mass is 10.1. The smallest absolute Gasteiger partial charge is 0.254 e. The number of carbonyl (C=O) groups excluding carboxylic acids is 1. The first-order valence-corrected chi connectivity index (χ1v) is 9.94. The molecule has 1 aliphatic rings. The predicted molar refractivity (Wildman–Crippen MR) is 117 cm³/mol. The number of amides is 1. The van der Waals surface area contributed by atoms with Gasteiger partial charge in [0, 0.05) is 29.9 Å². The average molecular weight is 420 g/mol. The van der Waals surface area contributed by atoms with Crippen LogP contribution < -0.4 is 15.8 Å². The molecule has 1 aromatic heterocycles. The van der Waals surface area contributed by atoms with Crippen molar-refractivity contribution in [3.8, 4) is 17.1 Å². The highest BCUT2D eigenvalue weighted by atomic mass is 16.5. The maximum absolute atomic E-state index is 12.9. The Morgan fingerprint density at radius 1 is 1.13 bits per heavy atom. The zero-order valence-electron chi connectivity index (χ0n) is 17.5. The Morgan fingerprint density at radius 3 is 2.71 bits per heavy atom. The van der Waals surface area contributed by atoms with Gasteiger partial charge in [-0.1, -0.05) is 18.2 Å². The van der Waals surface area contributed by atoms with E-state index in [9.17, 15) is 4.79 Å². The second kappa shape index (κ2) is 8.97. The van der Waals surface area contributed by atoms with Crippen molar-refractivity contribution in [2.75, 3.05) is 44.5 Å². The van der Waals surface area contributed by atoms with Gasteiger partial charge in [0.25, 0.3) is 5.91 Å². The van der Waals surface area contributed by atoms with E-state index in [1.807, 2.05) is 43.3 Å². The molecule has 9 heteroatoms. The minimum Gasteiger partial charge on any atom is -0.497 e. The van der Waals surface area contributed by atoms with E-state index in [-0.39, 0.29) is 11.9 Å². The average Bonchev–Trinajstić information content (AvgIpc) is 2.80. The Hall–Kier alpha value is -3.72. The molecule has 1 fully saturated rings. The molecule has 0 spiro atoms. The second-order valence-electron chi connectivity index (χ2n) is 7.13. The highest BCUT2D eigenvalue weighted by Gasteiger charge is 2.20. The van der Waals surface area contributed by atoms with Gasteiger partial charge < -0.3 is 25.4 Å². The summed E-state index contributed by atoms with van der Waals surface area (Å²) in [6.07, 6.45) is 0. The van der Waals surface area contributed by atoms with Crippen LogP contribution in [0.5, 0.6) is 5.75 Å². The lowest BCUT2D eigenvalue weighted by Crippen LogP contribution is -2.40. The number of aromatic nitrogens is 3. The van der Waals surface area contributed by atoms with Crippen molar-refractivity contribution in [3.05, 3.63) is 53.6 Å². The van der Waals surface area contributed by atoms with Crippen molar-refractivity contribution in [1.82, 2.24) is 19.9 Å². The first kappa shape index (κ1) is 20.5. The van der Waals surface area contributed by atoms with E-state index in [0.29, 0.717) is 55.1 Å². The van der Waals surface area contributed by atoms with E-state index < -0.39 is 0 Å². The lowest BCUT2D eigenvalue weighted by Gasteiger charge is -2.27. The number of nitrogens with two attached hydrogens (primary N) is 1. The van der Waals surface area contributed by atoms with Crippen LogP contribution in [0.15, 0.2) is 42.5 Å². The van der Waals surface area contributed by atoms with Crippen LogP contribution in [0.25, 0.3) is 11.4 Å². The summed E-state index contributed by atoms with van der Waals surface area (Å²) < 4.78 is 10.6. The maximum Gasteiger partial charge on any atom is 0.254 e. The zero-order chi connectivity index (χ0) is 21.8. The Morgan fingerprint density at radius 2 is 1.94 bits per heavy atom. The molecule has 0 radical (unpaired) electrons. The van der Waals surface area contributed by atoms with Gasteiger partial charge >= 0.3 is 0 Å². The van der Waals surface area contributed by atoms with Gasteiger partial charge in [-0.3, -0.25) is 4.79 Å². The van der Waals surface area contributed by atoms with Crippen molar-refractivity contribution < 1.29 is 14.3 Å². The summed E-state index contributed by atoms with van der Waals surface area (Å²) in [5, 5.41) is 3.14. The number of nitrogen functional groups attached to an aromatic ring is 1. The Kier molecular flexibility index (Phi) is 5.94. The normalized spacial score (nSPS) is 13.7. The van der Waals surface area contributed by atoms with Gasteiger partial charge in [0.2, 0.25) is 11.9 Å². The van der Waals surface area contributed by atoms with E-state index >= 15 is 0 Å². The summed E-state index contributed by atoms with van der Waals surface area (Å²) in [6.45, 7) is 4.20. The summed E-state index contributed by atoms with van der Waals surface area (Å²) in [5.41, 5.74) is 8.88. The number of benzene rings is 2. The van der Waals surface area contributed by atoms with Crippen LogP contribution in [-0.4, -0.2) is 59.2 Å². The quantitative estimate of drug-likeness (QED) is 0.647. The van der Waals surface area contributed by atoms with E-state index in [0.717, 1.165) is 11.1 Å². The van der Waals surface area contributed by atoms with Gasteiger partial charge in [-0.25, -0.2) is 0 Å². The molecule has 2 heterocycles. The number of aryl methyl sites for hydroxylation is 1. The summed E-state index contributed by atoms with van der Waals surface area (Å²) in [7, 11) is 1.60. The van der Waals surface area contributed by atoms with E-state index in [1.165, 1.54) is 0 Å². The van der Waals surface area contributed by atoms with Gasteiger partial charge in [0.1, 0.15) is 5.75 Å². The molecule has 3 aromatic rings. The molecular weight excluding hydrogens is 396 g/mol. The second-order valence-corrected chi connectivity index (χ2v) is 7.13. The van der Waals surface area contributed by atoms with Crippen LogP contribution >= 0.6 is 0 Å². The van der Waals surface area contributed by atoms with Gasteiger partial charge in [0.05, 0.1) is 20.3 Å². The molecule has 9 nitrogen and oxygen atoms in total. The minimum atomic E-state index is -0.0170. The minimum absolute atomic E-state index is 0.0170. The van der Waals surface area contributed by atoms with Crippen LogP contribution in [0.2, 0.25) is 0 Å². The third kappa shape index (κ3) is 4.72. The molecule has 1 amide bonds. The Bertz CT molecular complexity index is 1100. The van der Waals surface area contributed by atoms with Crippen LogP contribution in [0.3, 0.4) is 0 Å². The number of methoxy groups -OCH3 is 1. The molecule has 0 bridgehead atoms. The van der Waals surface area contributed by atoms with Gasteiger partial charge in [-0.2, -0.15) is 15.0 Å². The van der Waals surface area contributed by atoms with Crippen molar-refractivity contribution >= 4 is 23.5 Å². The number of nitrogens with one attached hydrogen (secondary N) is 1. The number of carbonyl (C=O) groups is 1. The largest absolute Gasteiger partial charge is 0.497 e. The standard InChI is InChI=1S/C22H24N6O3/c1-14-6-7-16(13-18(14)20(29)28-8-10-31-11-9-28)24-22-26-19(25-21(23)27-22)15-4-3-5-17(12-15)30-2/h3-7,12-13H,8-11H2,1-2H3,(H3,23,24,25,26,27). The third-order valence-corrected chi connectivity index (χ3v) is 5.00. The topological polar surface area (TPSA) is 115 Å². The number of nitrogens with zero attached hydrogens (tertiary/aromatic N) is 4. The van der Waals surface area contributed by atoms with Crippen molar-refractivity contribution in [2.24, 2.45) is 0 Å². The lowest BCUT2D eigenvalue weighted by molar-refractivity contribution is 0.0302. The monoisotopic (exact) mass is 420 g/mol. The fraction of sp³-hybridized carbons (Fsp3) is 0.273. The molecule has 0 atom stereocenters. The molecule has 2 aromatic carbocycles. The molecule has 3 N–H and O–H groups in total. The van der Waals surface area contributed by atoms with Gasteiger partial charge in [-0.15, -0.1) is 0 Å². The third-order valence-electron chi connectivity index (χ3n) is 5.00. The molecule has 1 aliphatic heterocycles. The Balaban J connectivity index is 1.60. The molecular formula is C22H24N6O3. The number of ether oxygens (including phenoxy) is 2. The van der Waals surface area contributed by atoms with Crippen LogP contribution in [0.4, 0.5) is 17.6 Å². The molecule has 0 aliphatic carbocycles. The van der Waals surface area contributed by atoms with Crippen molar-refractivity contribution in [3.63, 3.8) is 0 Å². The number of anilines is 3. The van der Waals surface area contributed by atoms with E-state index in [2.05, 4.69) is 20.3 Å². The summed E-state index contributed by atoms with van der Waals surface area (Å²) in [6, 6.07) is 12.9. The predicted octanol–water partition coefficient (Wildman–Crippen LogP) is 2.65. The van der Waals surface area contributed by atoms with Crippen molar-refractivity contribution in [2.45, 2.75) is 6.92 Å². The van der Waals surface area contributed by atoms with E-state index in [4.69, 9.17) is 15.2 Å². The number of hydrogen-bond acceptors (Lipinski definition) is 8. The first-order valence-electron chi connectivity index (χ1n) is 9.94. The number of rotatable bonds is 5. The summed E-state index contributed by atoms with van der Waals surface area (Å²) >= 11 is 0. The molecule has 0 unspecified atom stereocenters. The van der Waals surface area contributed by atoms with Crippen LogP contribution in [0.1, 0.15) is 15.9 Å². The molecule has 0 saturated carbocycles. The Labute approximate surface area is 180 Å². The highest BCUT2D eigenvalue weighted by Crippen LogP contribution is 2.24. The first-order chi connectivity index (χ1) is 15.0. The molecule has 31 heavy (non-hydrogen) atoms. The number of morpholine rings is 1. The maximum atomic E-state index is 12.9. The van der Waals surface area contributed by atoms with Gasteiger partial charge in [0.15, 0.2) is 5.82 Å². The fourth-order valence-corrected chi connectivity index (χ4v) is 3.34. The number of hydrogen-bond donors (Lipinski definition) is 2. The summed E-state index contributed by atoms with van der Waals surface area (Å²) in [4.78, 5) is 27.6. The van der Waals surface area contributed by atoms with Gasteiger partial charge in [-0.05, 0) is 36.8 Å². The molecule has 4 rings (SSSR count). The summed E-state index contributed by atoms with van der Waals surface area (Å²) in [5.74, 6) is 1.48. The fourth-order valence-electron chi connectivity index (χ4n) is 3.34. The zero-order valence-corrected chi connectivity index (χ0v) is 17.5. The van der Waals surface area contributed by atoms with Crippen molar-refractivity contribution in [1.29, 1.82) is 0 Å². The van der Waals surface area contributed by atoms with Crippen LogP contribution in [0, 0.1) is 6.92 Å². The molecule has 160 valence electrons. The van der Waals surface area contributed by atoms with E-state index in [1.54, 1.807) is 18.1 Å². The SMILES string of the molecule is COc1cccc(-c2nc(N)nc(Nc3ccc(C)c(C(=O)N4CCOCC4)c3)n2)c1. The molecule has 1 saturated heterocycles. The highest BCUT2D eigenvalue weighted by molar-refractivity contribution is 5.96.